The lowest BCUT2D eigenvalue weighted by molar-refractivity contribution is -0.119. The molecule has 2 amide bonds. The molecule has 158 valence electrons. The number of carbonyl (C=O) groups is 3. The summed E-state index contributed by atoms with van der Waals surface area (Å²) < 4.78 is 10.4. The maximum absolute atomic E-state index is 12.6. The fourth-order valence-electron chi connectivity index (χ4n) is 2.76. The summed E-state index contributed by atoms with van der Waals surface area (Å²) in [6.07, 6.45) is 0. The van der Waals surface area contributed by atoms with Gasteiger partial charge in [0.05, 0.1) is 23.4 Å². The van der Waals surface area contributed by atoms with Crippen LogP contribution in [0.3, 0.4) is 0 Å². The second-order valence-corrected chi connectivity index (χ2v) is 6.45. The van der Waals surface area contributed by atoms with E-state index in [1.165, 1.54) is 0 Å². The number of benzene rings is 3. The minimum Gasteiger partial charge on any atom is -0.494 e. The fraction of sp³-hybridized carbons (Fsp3) is 0.125. The number of esters is 1. The Bertz CT molecular complexity index is 1050. The number of rotatable bonds is 8. The van der Waals surface area contributed by atoms with Crippen LogP contribution in [0, 0.1) is 0 Å². The van der Waals surface area contributed by atoms with Gasteiger partial charge in [0.25, 0.3) is 11.8 Å². The molecule has 3 aromatic carbocycles. The van der Waals surface area contributed by atoms with Crippen LogP contribution in [0.2, 0.25) is 0 Å². The van der Waals surface area contributed by atoms with Gasteiger partial charge in [-0.1, -0.05) is 30.3 Å². The Balaban J connectivity index is 1.58. The first-order valence-corrected chi connectivity index (χ1v) is 9.72. The van der Waals surface area contributed by atoms with Crippen LogP contribution < -0.4 is 15.4 Å². The first-order chi connectivity index (χ1) is 15.1. The number of hydrogen-bond donors (Lipinski definition) is 2. The fourth-order valence-corrected chi connectivity index (χ4v) is 2.76. The molecule has 0 aromatic heterocycles. The molecular weight excluding hydrogens is 396 g/mol. The molecule has 0 radical (unpaired) electrons. The van der Waals surface area contributed by atoms with Crippen LogP contribution in [0.5, 0.6) is 5.75 Å². The van der Waals surface area contributed by atoms with Crippen molar-refractivity contribution in [1.82, 2.24) is 0 Å². The molecule has 0 aliphatic rings. The van der Waals surface area contributed by atoms with Crippen LogP contribution in [-0.4, -0.2) is 31.0 Å². The molecule has 0 atom stereocenters. The summed E-state index contributed by atoms with van der Waals surface area (Å²) in [6, 6.07) is 22.0. The van der Waals surface area contributed by atoms with Crippen LogP contribution in [0.4, 0.5) is 11.4 Å². The first-order valence-electron chi connectivity index (χ1n) is 9.72. The van der Waals surface area contributed by atoms with Gasteiger partial charge in [-0.15, -0.1) is 0 Å². The van der Waals surface area contributed by atoms with E-state index in [0.29, 0.717) is 29.3 Å². The number of amides is 2. The molecular formula is C24H22N2O5. The smallest absolute Gasteiger partial charge is 0.338 e. The van der Waals surface area contributed by atoms with E-state index in [2.05, 4.69) is 10.6 Å². The summed E-state index contributed by atoms with van der Waals surface area (Å²) >= 11 is 0. The van der Waals surface area contributed by atoms with Gasteiger partial charge in [0.2, 0.25) is 0 Å². The van der Waals surface area contributed by atoms with Crippen molar-refractivity contribution >= 4 is 29.2 Å². The van der Waals surface area contributed by atoms with Crippen molar-refractivity contribution in [2.45, 2.75) is 6.92 Å². The molecule has 3 aromatic rings. The maximum atomic E-state index is 12.6. The van der Waals surface area contributed by atoms with Crippen LogP contribution in [0.25, 0.3) is 0 Å². The quantitative estimate of drug-likeness (QED) is 0.537. The van der Waals surface area contributed by atoms with E-state index in [-0.39, 0.29) is 11.5 Å². The zero-order chi connectivity index (χ0) is 22.1. The van der Waals surface area contributed by atoms with E-state index in [4.69, 9.17) is 9.47 Å². The number of para-hydroxylation sites is 2. The first kappa shape index (κ1) is 21.6. The van der Waals surface area contributed by atoms with Crippen molar-refractivity contribution in [1.29, 1.82) is 0 Å². The molecule has 0 heterocycles. The Morgan fingerprint density at radius 1 is 0.806 bits per heavy atom. The summed E-state index contributed by atoms with van der Waals surface area (Å²) in [5.74, 6) is -0.914. The van der Waals surface area contributed by atoms with Crippen molar-refractivity contribution < 1.29 is 23.9 Å². The molecule has 0 aliphatic heterocycles. The molecule has 0 saturated carbocycles. The Kier molecular flexibility index (Phi) is 7.37. The Morgan fingerprint density at radius 3 is 2.19 bits per heavy atom. The van der Waals surface area contributed by atoms with E-state index in [1.54, 1.807) is 60.7 Å². The van der Waals surface area contributed by atoms with Crippen molar-refractivity contribution in [2.75, 3.05) is 23.8 Å². The number of nitrogens with one attached hydrogen (secondary N) is 2. The zero-order valence-electron chi connectivity index (χ0n) is 17.0. The minimum atomic E-state index is -0.631. The molecule has 7 nitrogen and oxygen atoms in total. The average Bonchev–Trinajstić information content (AvgIpc) is 2.79. The van der Waals surface area contributed by atoms with Crippen molar-refractivity contribution in [3.8, 4) is 5.75 Å². The van der Waals surface area contributed by atoms with Crippen LogP contribution >= 0.6 is 0 Å². The SMILES string of the molecule is CCOc1ccc(C(=O)OCC(=O)Nc2ccccc2C(=O)Nc2ccccc2)cc1. The highest BCUT2D eigenvalue weighted by molar-refractivity contribution is 6.10. The standard InChI is InChI=1S/C24H22N2O5/c1-2-30-19-14-12-17(13-15-19)24(29)31-16-22(27)26-21-11-7-6-10-20(21)23(28)25-18-8-4-3-5-9-18/h3-15H,2,16H2,1H3,(H,25,28)(H,26,27). The highest BCUT2D eigenvalue weighted by atomic mass is 16.5. The maximum Gasteiger partial charge on any atom is 0.338 e. The van der Waals surface area contributed by atoms with Crippen LogP contribution in [0.1, 0.15) is 27.6 Å². The lowest BCUT2D eigenvalue weighted by Gasteiger charge is -2.12. The predicted octanol–water partition coefficient (Wildman–Crippen LogP) is 4.13. The van der Waals surface area contributed by atoms with Gasteiger partial charge in [-0.3, -0.25) is 9.59 Å². The molecule has 0 aliphatic carbocycles. The van der Waals surface area contributed by atoms with E-state index in [1.807, 2.05) is 25.1 Å². The zero-order valence-corrected chi connectivity index (χ0v) is 17.0. The summed E-state index contributed by atoms with van der Waals surface area (Å²) in [7, 11) is 0. The third-order valence-corrected chi connectivity index (χ3v) is 4.21. The Morgan fingerprint density at radius 2 is 1.48 bits per heavy atom. The van der Waals surface area contributed by atoms with Gasteiger partial charge in [-0.25, -0.2) is 4.79 Å². The van der Waals surface area contributed by atoms with E-state index >= 15 is 0 Å². The third-order valence-electron chi connectivity index (χ3n) is 4.21. The molecule has 31 heavy (non-hydrogen) atoms. The number of anilines is 2. The van der Waals surface area contributed by atoms with Gasteiger partial charge in [0.1, 0.15) is 5.75 Å². The molecule has 3 rings (SSSR count). The van der Waals surface area contributed by atoms with Crippen LogP contribution in [0.15, 0.2) is 78.9 Å². The molecule has 2 N–H and O–H groups in total. The van der Waals surface area contributed by atoms with Gasteiger partial charge >= 0.3 is 5.97 Å². The van der Waals surface area contributed by atoms with Crippen molar-refractivity contribution in [2.24, 2.45) is 0 Å². The van der Waals surface area contributed by atoms with E-state index in [0.717, 1.165) is 0 Å². The third kappa shape index (κ3) is 6.17. The van der Waals surface area contributed by atoms with Crippen molar-refractivity contribution in [3.63, 3.8) is 0 Å². The summed E-state index contributed by atoms with van der Waals surface area (Å²) in [4.78, 5) is 37.0. The van der Waals surface area contributed by atoms with Gasteiger partial charge in [-0.2, -0.15) is 0 Å². The summed E-state index contributed by atoms with van der Waals surface area (Å²) in [5, 5.41) is 5.38. The van der Waals surface area contributed by atoms with E-state index < -0.39 is 18.5 Å². The van der Waals surface area contributed by atoms with E-state index in [9.17, 15) is 14.4 Å². The molecule has 0 unspecified atom stereocenters. The molecule has 7 heteroatoms. The molecule has 0 saturated heterocycles. The predicted molar refractivity (Wildman–Crippen MR) is 117 cm³/mol. The topological polar surface area (TPSA) is 93.7 Å². The summed E-state index contributed by atoms with van der Waals surface area (Å²) in [6.45, 7) is 1.90. The number of hydrogen-bond acceptors (Lipinski definition) is 5. The highest BCUT2D eigenvalue weighted by Gasteiger charge is 2.15. The van der Waals surface area contributed by atoms with Crippen LogP contribution in [-0.2, 0) is 9.53 Å². The molecule has 0 spiro atoms. The van der Waals surface area contributed by atoms with Gasteiger partial charge in [0, 0.05) is 5.69 Å². The normalized spacial score (nSPS) is 10.1. The second-order valence-electron chi connectivity index (χ2n) is 6.45. The minimum absolute atomic E-state index is 0.289. The monoisotopic (exact) mass is 418 g/mol. The summed E-state index contributed by atoms with van der Waals surface area (Å²) in [5.41, 5.74) is 1.55. The van der Waals surface area contributed by atoms with Gasteiger partial charge in [0.15, 0.2) is 6.61 Å². The highest BCUT2D eigenvalue weighted by Crippen LogP contribution is 2.18. The second kappa shape index (κ2) is 10.6. The van der Waals surface area contributed by atoms with Gasteiger partial charge < -0.3 is 20.1 Å². The number of ether oxygens (including phenoxy) is 2. The number of carbonyl (C=O) groups excluding carboxylic acids is 3. The molecule has 0 fully saturated rings. The largest absolute Gasteiger partial charge is 0.494 e. The molecule has 0 bridgehead atoms. The lowest BCUT2D eigenvalue weighted by atomic mass is 10.1. The van der Waals surface area contributed by atoms with Crippen molar-refractivity contribution in [3.05, 3.63) is 90.0 Å². The Hall–Kier alpha value is -4.13. The Labute approximate surface area is 180 Å². The average molecular weight is 418 g/mol. The lowest BCUT2D eigenvalue weighted by Crippen LogP contribution is -2.23. The van der Waals surface area contributed by atoms with Gasteiger partial charge in [-0.05, 0) is 55.5 Å².